The summed E-state index contributed by atoms with van der Waals surface area (Å²) in [5, 5.41) is 0. The minimum absolute atomic E-state index is 0.286. The number of nitrogens with two attached hydrogens (primary N) is 2. The van der Waals surface area contributed by atoms with E-state index in [4.69, 9.17) is 11.5 Å². The molecule has 4 N–H and O–H groups in total. The summed E-state index contributed by atoms with van der Waals surface area (Å²) in [5.41, 5.74) is 15.6. The number of aromatic nitrogens is 1. The monoisotopic (exact) mass is 314 g/mol. The third kappa shape index (κ3) is 2.18. The van der Waals surface area contributed by atoms with E-state index in [1.807, 2.05) is 6.20 Å². The molecule has 0 aromatic carbocycles. The SMILES string of the molecule is CC1C(c2c(N3CC[C@H](N)C3)ccnc2N)C[C@@H]2C[C@@H]1C2(C)C. The Morgan fingerprint density at radius 1 is 1.30 bits per heavy atom. The average molecular weight is 314 g/mol. The predicted molar refractivity (Wildman–Crippen MR) is 95.4 cm³/mol. The van der Waals surface area contributed by atoms with Crippen molar-refractivity contribution in [1.29, 1.82) is 0 Å². The van der Waals surface area contributed by atoms with Gasteiger partial charge in [0.1, 0.15) is 5.82 Å². The minimum Gasteiger partial charge on any atom is -0.383 e. The van der Waals surface area contributed by atoms with Crippen molar-refractivity contribution in [2.75, 3.05) is 23.7 Å². The zero-order valence-electron chi connectivity index (χ0n) is 14.6. The van der Waals surface area contributed by atoms with Crippen LogP contribution in [0.15, 0.2) is 12.3 Å². The van der Waals surface area contributed by atoms with Gasteiger partial charge in [-0.2, -0.15) is 0 Å². The van der Waals surface area contributed by atoms with Gasteiger partial charge in [0.15, 0.2) is 0 Å². The number of anilines is 2. The van der Waals surface area contributed by atoms with E-state index in [2.05, 4.69) is 36.7 Å². The topological polar surface area (TPSA) is 68.2 Å². The molecule has 1 aliphatic heterocycles. The van der Waals surface area contributed by atoms with Gasteiger partial charge in [0.2, 0.25) is 0 Å². The highest BCUT2D eigenvalue weighted by atomic mass is 15.2. The number of nitrogen functional groups attached to an aromatic ring is 1. The van der Waals surface area contributed by atoms with Crippen LogP contribution in [0.1, 0.15) is 51.5 Å². The number of nitrogens with zero attached hydrogens (tertiary/aromatic N) is 2. The molecule has 3 saturated carbocycles. The Hall–Kier alpha value is -1.29. The molecule has 23 heavy (non-hydrogen) atoms. The molecule has 1 aromatic rings. The molecule has 2 bridgehead atoms. The molecule has 4 heteroatoms. The second-order valence-corrected chi connectivity index (χ2v) is 8.69. The van der Waals surface area contributed by atoms with Crippen molar-refractivity contribution in [1.82, 2.24) is 4.98 Å². The lowest BCUT2D eigenvalue weighted by atomic mass is 9.43. The number of rotatable bonds is 2. The second-order valence-electron chi connectivity index (χ2n) is 8.69. The predicted octanol–water partition coefficient (Wildman–Crippen LogP) is 2.99. The van der Waals surface area contributed by atoms with E-state index >= 15 is 0 Å². The molecule has 3 aliphatic carbocycles. The second kappa shape index (κ2) is 5.10. The Morgan fingerprint density at radius 2 is 2.09 bits per heavy atom. The Kier molecular flexibility index (Phi) is 3.38. The van der Waals surface area contributed by atoms with E-state index in [9.17, 15) is 0 Å². The number of hydrogen-bond acceptors (Lipinski definition) is 4. The molecular weight excluding hydrogens is 284 g/mol. The first-order valence-electron chi connectivity index (χ1n) is 9.14. The lowest BCUT2D eigenvalue weighted by Crippen LogP contribution is -2.54. The number of hydrogen-bond donors (Lipinski definition) is 2. The van der Waals surface area contributed by atoms with E-state index in [1.165, 1.54) is 24.1 Å². The molecule has 5 atom stereocenters. The van der Waals surface area contributed by atoms with Crippen LogP contribution >= 0.6 is 0 Å². The fourth-order valence-electron chi connectivity index (χ4n) is 5.67. The van der Waals surface area contributed by atoms with Gasteiger partial charge in [0, 0.05) is 36.6 Å². The van der Waals surface area contributed by atoms with Gasteiger partial charge in [-0.05, 0) is 54.4 Å². The largest absolute Gasteiger partial charge is 0.383 e. The Labute approximate surface area is 139 Å². The van der Waals surface area contributed by atoms with Crippen LogP contribution in [-0.4, -0.2) is 24.1 Å². The van der Waals surface area contributed by atoms with Gasteiger partial charge >= 0.3 is 0 Å². The zero-order valence-corrected chi connectivity index (χ0v) is 14.6. The standard InChI is InChI=1S/C19H30N4/c1-11-14(8-12-9-15(11)19(12,2)3)17-16(4-6-22-18(17)21)23-7-5-13(20)10-23/h4,6,11-15H,5,7-10,20H2,1-3H3,(H2,21,22)/t11?,12-,13+,14?,15+/m1/s1. The van der Waals surface area contributed by atoms with Crippen molar-refractivity contribution < 1.29 is 0 Å². The van der Waals surface area contributed by atoms with Crippen LogP contribution in [0.25, 0.3) is 0 Å². The highest BCUT2D eigenvalue weighted by Gasteiger charge is 2.57. The minimum atomic E-state index is 0.286. The molecule has 4 nitrogen and oxygen atoms in total. The van der Waals surface area contributed by atoms with Crippen molar-refractivity contribution in [3.63, 3.8) is 0 Å². The Balaban J connectivity index is 1.69. The fraction of sp³-hybridized carbons (Fsp3) is 0.737. The molecule has 2 heterocycles. The van der Waals surface area contributed by atoms with E-state index in [0.29, 0.717) is 17.3 Å². The lowest BCUT2D eigenvalue weighted by Gasteiger charge is -2.62. The molecule has 2 unspecified atom stereocenters. The summed E-state index contributed by atoms with van der Waals surface area (Å²) in [6.07, 6.45) is 5.58. The summed E-state index contributed by atoms with van der Waals surface area (Å²) in [7, 11) is 0. The molecule has 126 valence electrons. The highest BCUT2D eigenvalue weighted by Crippen LogP contribution is 2.65. The van der Waals surface area contributed by atoms with Crippen molar-refractivity contribution >= 4 is 11.5 Å². The third-order valence-corrected chi connectivity index (χ3v) is 7.29. The normalized spacial score (nSPS) is 38.4. The molecule has 4 aliphatic rings. The van der Waals surface area contributed by atoms with E-state index in [0.717, 1.165) is 37.2 Å². The van der Waals surface area contributed by atoms with Gasteiger partial charge in [0.25, 0.3) is 0 Å². The third-order valence-electron chi connectivity index (χ3n) is 7.29. The first kappa shape index (κ1) is 15.3. The van der Waals surface area contributed by atoms with Gasteiger partial charge in [-0.15, -0.1) is 0 Å². The van der Waals surface area contributed by atoms with Crippen molar-refractivity contribution in [2.45, 2.75) is 52.0 Å². The fourth-order valence-corrected chi connectivity index (χ4v) is 5.67. The summed E-state index contributed by atoms with van der Waals surface area (Å²) in [6.45, 7) is 9.31. The van der Waals surface area contributed by atoms with Crippen LogP contribution in [0.3, 0.4) is 0 Å². The summed E-state index contributed by atoms with van der Waals surface area (Å²) in [5.74, 6) is 3.62. The highest BCUT2D eigenvalue weighted by molar-refractivity contribution is 5.64. The quantitative estimate of drug-likeness (QED) is 0.880. The number of fused-ring (bicyclic) bond motifs is 2. The summed E-state index contributed by atoms with van der Waals surface area (Å²) in [4.78, 5) is 6.86. The summed E-state index contributed by atoms with van der Waals surface area (Å²) in [6, 6.07) is 2.44. The number of pyridine rings is 1. The maximum atomic E-state index is 6.38. The zero-order chi connectivity index (χ0) is 16.4. The molecule has 1 saturated heterocycles. The van der Waals surface area contributed by atoms with E-state index < -0.39 is 0 Å². The van der Waals surface area contributed by atoms with Gasteiger partial charge in [-0.1, -0.05) is 20.8 Å². The average Bonchev–Trinajstić information content (AvgIpc) is 2.93. The Morgan fingerprint density at radius 3 is 2.70 bits per heavy atom. The van der Waals surface area contributed by atoms with Crippen LogP contribution in [-0.2, 0) is 0 Å². The van der Waals surface area contributed by atoms with Crippen LogP contribution in [0, 0.1) is 23.2 Å². The molecule has 0 spiro atoms. The summed E-state index contributed by atoms with van der Waals surface area (Å²) < 4.78 is 0. The van der Waals surface area contributed by atoms with Gasteiger partial charge in [0.05, 0.1) is 0 Å². The van der Waals surface area contributed by atoms with Crippen molar-refractivity contribution in [2.24, 2.45) is 28.9 Å². The molecule has 0 radical (unpaired) electrons. The molecule has 0 amide bonds. The van der Waals surface area contributed by atoms with E-state index in [-0.39, 0.29) is 6.04 Å². The maximum absolute atomic E-state index is 6.38. The van der Waals surface area contributed by atoms with Crippen LogP contribution < -0.4 is 16.4 Å². The van der Waals surface area contributed by atoms with Crippen LogP contribution in [0.4, 0.5) is 11.5 Å². The van der Waals surface area contributed by atoms with Gasteiger partial charge < -0.3 is 16.4 Å². The van der Waals surface area contributed by atoms with Crippen molar-refractivity contribution in [3.8, 4) is 0 Å². The molecular formula is C19H30N4. The van der Waals surface area contributed by atoms with Gasteiger partial charge in [-0.3, -0.25) is 0 Å². The van der Waals surface area contributed by atoms with Crippen LogP contribution in [0.5, 0.6) is 0 Å². The summed E-state index contributed by atoms with van der Waals surface area (Å²) >= 11 is 0. The Bertz CT molecular complexity index is 611. The molecule has 1 aromatic heterocycles. The van der Waals surface area contributed by atoms with E-state index in [1.54, 1.807) is 0 Å². The maximum Gasteiger partial charge on any atom is 0.128 e. The van der Waals surface area contributed by atoms with Crippen molar-refractivity contribution in [3.05, 3.63) is 17.8 Å². The smallest absolute Gasteiger partial charge is 0.128 e. The van der Waals surface area contributed by atoms with Crippen LogP contribution in [0.2, 0.25) is 0 Å². The first-order chi connectivity index (χ1) is 10.9. The molecule has 5 rings (SSSR count). The molecule has 4 fully saturated rings. The van der Waals surface area contributed by atoms with Gasteiger partial charge in [-0.25, -0.2) is 4.98 Å². The lowest BCUT2D eigenvalue weighted by molar-refractivity contribution is -0.110. The first-order valence-corrected chi connectivity index (χ1v) is 9.14.